The van der Waals surface area contributed by atoms with Crippen LogP contribution < -0.4 is 10.1 Å². The Morgan fingerprint density at radius 1 is 1.11 bits per heavy atom. The molecule has 0 radical (unpaired) electrons. The zero-order chi connectivity index (χ0) is 19.2. The fourth-order valence-electron chi connectivity index (χ4n) is 2.83. The molecular formula is C21H22N2O3S. The SMILES string of the molecule is COc1ccc2cc(CN(C)C(=O)CCNC(=O)c3cccs3)ccc2c1. The van der Waals surface area contributed by atoms with E-state index in [2.05, 4.69) is 11.4 Å². The maximum absolute atomic E-state index is 12.3. The van der Waals surface area contributed by atoms with Crippen molar-refractivity contribution in [2.45, 2.75) is 13.0 Å². The smallest absolute Gasteiger partial charge is 0.261 e. The number of hydrogen-bond acceptors (Lipinski definition) is 4. The molecule has 0 unspecified atom stereocenters. The predicted molar refractivity (Wildman–Crippen MR) is 108 cm³/mol. The fourth-order valence-corrected chi connectivity index (χ4v) is 3.47. The van der Waals surface area contributed by atoms with Crippen LogP contribution in [-0.4, -0.2) is 37.4 Å². The molecule has 0 saturated heterocycles. The quantitative estimate of drug-likeness (QED) is 0.678. The third kappa shape index (κ3) is 4.86. The van der Waals surface area contributed by atoms with Gasteiger partial charge in [-0.1, -0.05) is 24.3 Å². The highest BCUT2D eigenvalue weighted by molar-refractivity contribution is 7.12. The second-order valence-electron chi connectivity index (χ2n) is 6.28. The van der Waals surface area contributed by atoms with Crippen LogP contribution in [0.4, 0.5) is 0 Å². The summed E-state index contributed by atoms with van der Waals surface area (Å²) < 4.78 is 5.24. The molecule has 2 amide bonds. The van der Waals surface area contributed by atoms with Crippen LogP contribution >= 0.6 is 11.3 Å². The zero-order valence-electron chi connectivity index (χ0n) is 15.4. The van der Waals surface area contributed by atoms with E-state index in [-0.39, 0.29) is 18.2 Å². The van der Waals surface area contributed by atoms with Crippen LogP contribution in [0.1, 0.15) is 21.7 Å². The number of rotatable bonds is 7. The highest BCUT2D eigenvalue weighted by atomic mass is 32.1. The van der Waals surface area contributed by atoms with Gasteiger partial charge in [-0.2, -0.15) is 0 Å². The van der Waals surface area contributed by atoms with Crippen LogP contribution in [0.25, 0.3) is 10.8 Å². The monoisotopic (exact) mass is 382 g/mol. The number of nitrogens with one attached hydrogen (secondary N) is 1. The molecule has 0 fully saturated rings. The summed E-state index contributed by atoms with van der Waals surface area (Å²) in [6.07, 6.45) is 0.276. The minimum absolute atomic E-state index is 0.00342. The van der Waals surface area contributed by atoms with E-state index in [9.17, 15) is 9.59 Å². The van der Waals surface area contributed by atoms with Crippen LogP contribution in [0.5, 0.6) is 5.75 Å². The van der Waals surface area contributed by atoms with Gasteiger partial charge in [-0.15, -0.1) is 11.3 Å². The molecule has 2 aromatic carbocycles. The van der Waals surface area contributed by atoms with E-state index in [1.54, 1.807) is 25.1 Å². The lowest BCUT2D eigenvalue weighted by atomic mass is 10.1. The molecule has 1 heterocycles. The van der Waals surface area contributed by atoms with E-state index in [0.717, 1.165) is 22.1 Å². The fraction of sp³-hybridized carbons (Fsp3) is 0.238. The first-order valence-electron chi connectivity index (χ1n) is 8.69. The number of thiophene rings is 1. The van der Waals surface area contributed by atoms with Gasteiger partial charge in [-0.3, -0.25) is 9.59 Å². The van der Waals surface area contributed by atoms with E-state index in [0.29, 0.717) is 18.0 Å². The highest BCUT2D eigenvalue weighted by Crippen LogP contribution is 2.22. The van der Waals surface area contributed by atoms with Crippen LogP contribution in [0, 0.1) is 0 Å². The number of ether oxygens (including phenoxy) is 1. The molecule has 140 valence electrons. The van der Waals surface area contributed by atoms with Gasteiger partial charge in [0.05, 0.1) is 12.0 Å². The molecule has 3 rings (SSSR count). The van der Waals surface area contributed by atoms with Gasteiger partial charge in [0.1, 0.15) is 5.75 Å². The number of amides is 2. The van der Waals surface area contributed by atoms with Crippen molar-refractivity contribution in [1.29, 1.82) is 0 Å². The summed E-state index contributed by atoms with van der Waals surface area (Å²) in [6, 6.07) is 15.7. The molecule has 0 spiro atoms. The number of fused-ring (bicyclic) bond motifs is 1. The summed E-state index contributed by atoms with van der Waals surface area (Å²) in [6.45, 7) is 0.858. The van der Waals surface area contributed by atoms with Gasteiger partial charge in [0.15, 0.2) is 0 Å². The minimum atomic E-state index is -0.134. The first kappa shape index (κ1) is 18.9. The lowest BCUT2D eigenvalue weighted by molar-refractivity contribution is -0.130. The highest BCUT2D eigenvalue weighted by Gasteiger charge is 2.11. The van der Waals surface area contributed by atoms with E-state index >= 15 is 0 Å². The Kier molecular flexibility index (Phi) is 6.08. The van der Waals surface area contributed by atoms with Gasteiger partial charge in [0.25, 0.3) is 5.91 Å². The third-order valence-corrected chi connectivity index (χ3v) is 5.20. The zero-order valence-corrected chi connectivity index (χ0v) is 16.2. The van der Waals surface area contributed by atoms with Gasteiger partial charge < -0.3 is 15.0 Å². The Balaban J connectivity index is 1.53. The lowest BCUT2D eigenvalue weighted by Gasteiger charge is -2.18. The molecule has 3 aromatic rings. The summed E-state index contributed by atoms with van der Waals surface area (Å²) >= 11 is 1.39. The van der Waals surface area contributed by atoms with Crippen LogP contribution in [0.2, 0.25) is 0 Å². The molecule has 0 bridgehead atoms. The normalized spacial score (nSPS) is 10.6. The van der Waals surface area contributed by atoms with E-state index in [1.807, 2.05) is 41.8 Å². The Hall–Kier alpha value is -2.86. The minimum Gasteiger partial charge on any atom is -0.497 e. The van der Waals surface area contributed by atoms with E-state index in [1.165, 1.54) is 11.3 Å². The van der Waals surface area contributed by atoms with Gasteiger partial charge in [-0.25, -0.2) is 0 Å². The second kappa shape index (κ2) is 8.68. The first-order valence-corrected chi connectivity index (χ1v) is 9.57. The average molecular weight is 382 g/mol. The van der Waals surface area contributed by atoms with Crippen molar-refractivity contribution >= 4 is 33.9 Å². The van der Waals surface area contributed by atoms with Gasteiger partial charge in [0, 0.05) is 26.6 Å². The standard InChI is InChI=1S/C21H22N2O3S/c1-23(20(24)9-10-22-21(25)19-4-3-11-27-19)14-15-5-6-17-13-18(26-2)8-7-16(17)12-15/h3-8,11-13H,9-10,14H2,1-2H3,(H,22,25). The topological polar surface area (TPSA) is 58.6 Å². The molecule has 1 N–H and O–H groups in total. The molecule has 6 heteroatoms. The van der Waals surface area contributed by atoms with Crippen molar-refractivity contribution in [3.8, 4) is 5.75 Å². The molecule has 27 heavy (non-hydrogen) atoms. The van der Waals surface area contributed by atoms with Crippen molar-refractivity contribution in [3.05, 3.63) is 64.4 Å². The summed E-state index contributed by atoms with van der Waals surface area (Å²) in [5.74, 6) is 0.689. The Morgan fingerprint density at radius 2 is 1.89 bits per heavy atom. The third-order valence-electron chi connectivity index (χ3n) is 4.33. The van der Waals surface area contributed by atoms with Gasteiger partial charge >= 0.3 is 0 Å². The van der Waals surface area contributed by atoms with Crippen LogP contribution in [0.3, 0.4) is 0 Å². The van der Waals surface area contributed by atoms with Crippen molar-refractivity contribution in [3.63, 3.8) is 0 Å². The summed E-state index contributed by atoms with van der Waals surface area (Å²) in [5.41, 5.74) is 1.06. The summed E-state index contributed by atoms with van der Waals surface area (Å²) in [7, 11) is 3.43. The largest absolute Gasteiger partial charge is 0.497 e. The number of nitrogens with zero attached hydrogens (tertiary/aromatic N) is 1. The Morgan fingerprint density at radius 3 is 2.63 bits per heavy atom. The van der Waals surface area contributed by atoms with E-state index < -0.39 is 0 Å². The Bertz CT molecular complexity index is 938. The second-order valence-corrected chi connectivity index (χ2v) is 7.23. The number of carbonyl (C=O) groups is 2. The Labute approximate surface area is 162 Å². The molecule has 0 atom stereocenters. The van der Waals surface area contributed by atoms with Crippen molar-refractivity contribution in [1.82, 2.24) is 10.2 Å². The van der Waals surface area contributed by atoms with Crippen LogP contribution in [0.15, 0.2) is 53.9 Å². The molecular weight excluding hydrogens is 360 g/mol. The molecule has 0 saturated carbocycles. The van der Waals surface area contributed by atoms with Crippen molar-refractivity contribution in [2.24, 2.45) is 0 Å². The number of carbonyl (C=O) groups excluding carboxylic acids is 2. The molecule has 0 aliphatic carbocycles. The summed E-state index contributed by atoms with van der Waals surface area (Å²) in [4.78, 5) is 26.5. The molecule has 0 aliphatic heterocycles. The van der Waals surface area contributed by atoms with Crippen molar-refractivity contribution in [2.75, 3.05) is 20.7 Å². The van der Waals surface area contributed by atoms with E-state index in [4.69, 9.17) is 4.74 Å². The average Bonchev–Trinajstić information content (AvgIpc) is 3.22. The molecule has 0 aliphatic rings. The van der Waals surface area contributed by atoms with Crippen molar-refractivity contribution < 1.29 is 14.3 Å². The molecule has 5 nitrogen and oxygen atoms in total. The lowest BCUT2D eigenvalue weighted by Crippen LogP contribution is -2.31. The van der Waals surface area contributed by atoms with Gasteiger partial charge in [-0.05, 0) is 46.0 Å². The molecule has 1 aromatic heterocycles. The van der Waals surface area contributed by atoms with Gasteiger partial charge in [0.2, 0.25) is 5.91 Å². The number of benzene rings is 2. The maximum atomic E-state index is 12.3. The maximum Gasteiger partial charge on any atom is 0.261 e. The van der Waals surface area contributed by atoms with Crippen LogP contribution in [-0.2, 0) is 11.3 Å². The summed E-state index contributed by atoms with van der Waals surface area (Å²) in [5, 5.41) is 6.85. The number of methoxy groups -OCH3 is 1. The predicted octanol–water partition coefficient (Wildman–Crippen LogP) is 3.69. The number of hydrogen-bond donors (Lipinski definition) is 1. The first-order chi connectivity index (χ1) is 13.1.